The highest BCUT2D eigenvalue weighted by atomic mass is 16.5. The summed E-state index contributed by atoms with van der Waals surface area (Å²) in [7, 11) is 2.18. The van der Waals surface area contributed by atoms with Crippen molar-refractivity contribution < 1.29 is 9.84 Å². The van der Waals surface area contributed by atoms with Gasteiger partial charge in [-0.05, 0) is 45.8 Å². The van der Waals surface area contributed by atoms with Crippen molar-refractivity contribution in [1.29, 1.82) is 0 Å². The monoisotopic (exact) mass is 244 g/mol. The average molecular weight is 244 g/mol. The van der Waals surface area contributed by atoms with Crippen molar-refractivity contribution in [3.05, 3.63) is 0 Å². The summed E-state index contributed by atoms with van der Waals surface area (Å²) in [6.45, 7) is 9.33. The van der Waals surface area contributed by atoms with Crippen LogP contribution in [0.1, 0.15) is 19.8 Å². The highest BCUT2D eigenvalue weighted by molar-refractivity contribution is 4.74. The zero-order valence-corrected chi connectivity index (χ0v) is 11.4. The van der Waals surface area contributed by atoms with E-state index >= 15 is 0 Å². The van der Waals surface area contributed by atoms with E-state index in [1.165, 1.54) is 19.4 Å². The standard InChI is InChI=1S/C13H28N2O2/c1-3-17-11-9-14(2)12-13-4-6-15(7-5-13)8-10-16/h13,16H,3-12H2,1-2H3. The molecule has 1 N–H and O–H groups in total. The third kappa shape index (κ3) is 6.36. The fourth-order valence-electron chi connectivity index (χ4n) is 2.43. The van der Waals surface area contributed by atoms with Gasteiger partial charge in [0.05, 0.1) is 13.2 Å². The van der Waals surface area contributed by atoms with Gasteiger partial charge in [-0.3, -0.25) is 0 Å². The van der Waals surface area contributed by atoms with Crippen LogP contribution < -0.4 is 0 Å². The molecule has 0 saturated carbocycles. The van der Waals surface area contributed by atoms with E-state index in [0.717, 1.165) is 45.3 Å². The van der Waals surface area contributed by atoms with Crippen LogP contribution >= 0.6 is 0 Å². The van der Waals surface area contributed by atoms with Crippen LogP contribution in [-0.2, 0) is 4.74 Å². The minimum atomic E-state index is 0.291. The fraction of sp³-hybridized carbons (Fsp3) is 1.00. The van der Waals surface area contributed by atoms with Crippen molar-refractivity contribution in [1.82, 2.24) is 9.80 Å². The van der Waals surface area contributed by atoms with E-state index in [9.17, 15) is 0 Å². The summed E-state index contributed by atoms with van der Waals surface area (Å²) in [5, 5.41) is 8.89. The molecular formula is C13H28N2O2. The molecule has 0 aromatic heterocycles. The minimum absolute atomic E-state index is 0.291. The first-order valence-electron chi connectivity index (χ1n) is 6.85. The van der Waals surface area contributed by atoms with Gasteiger partial charge in [-0.2, -0.15) is 0 Å². The van der Waals surface area contributed by atoms with E-state index in [2.05, 4.69) is 16.8 Å². The normalized spacial score (nSPS) is 19.1. The van der Waals surface area contributed by atoms with Crippen LogP contribution in [0.15, 0.2) is 0 Å². The lowest BCUT2D eigenvalue weighted by atomic mass is 9.96. The zero-order chi connectivity index (χ0) is 12.5. The first-order chi connectivity index (χ1) is 8.26. The highest BCUT2D eigenvalue weighted by Crippen LogP contribution is 2.17. The summed E-state index contributed by atoms with van der Waals surface area (Å²) in [4.78, 5) is 4.73. The Labute approximate surface area is 106 Å². The van der Waals surface area contributed by atoms with Gasteiger partial charge in [0, 0.05) is 26.2 Å². The van der Waals surface area contributed by atoms with Crippen molar-refractivity contribution in [3.63, 3.8) is 0 Å². The first-order valence-corrected chi connectivity index (χ1v) is 6.85. The molecular weight excluding hydrogens is 216 g/mol. The molecule has 0 aliphatic carbocycles. The van der Waals surface area contributed by atoms with Crippen LogP contribution in [0.4, 0.5) is 0 Å². The number of aliphatic hydroxyl groups excluding tert-OH is 1. The van der Waals surface area contributed by atoms with E-state index in [1.54, 1.807) is 0 Å². The fourth-order valence-corrected chi connectivity index (χ4v) is 2.43. The number of β-amino-alcohol motifs (C(OH)–C–C–N with tert-alkyl or cyclic N) is 1. The molecule has 0 unspecified atom stereocenters. The SMILES string of the molecule is CCOCCN(C)CC1CCN(CCO)CC1. The molecule has 0 spiro atoms. The molecule has 17 heavy (non-hydrogen) atoms. The maximum atomic E-state index is 8.89. The molecule has 1 fully saturated rings. The molecule has 102 valence electrons. The molecule has 0 atom stereocenters. The van der Waals surface area contributed by atoms with Gasteiger partial charge in [0.15, 0.2) is 0 Å². The van der Waals surface area contributed by atoms with Crippen LogP contribution in [0.25, 0.3) is 0 Å². The summed E-state index contributed by atoms with van der Waals surface area (Å²) in [5.74, 6) is 0.816. The number of rotatable bonds is 8. The van der Waals surface area contributed by atoms with Gasteiger partial charge in [-0.25, -0.2) is 0 Å². The molecule has 1 rings (SSSR count). The van der Waals surface area contributed by atoms with Crippen molar-refractivity contribution >= 4 is 0 Å². The van der Waals surface area contributed by atoms with Gasteiger partial charge in [0.2, 0.25) is 0 Å². The Balaban J connectivity index is 2.08. The molecule has 0 radical (unpaired) electrons. The second-order valence-corrected chi connectivity index (χ2v) is 4.97. The lowest BCUT2D eigenvalue weighted by molar-refractivity contribution is 0.100. The lowest BCUT2D eigenvalue weighted by Crippen LogP contribution is -2.39. The highest BCUT2D eigenvalue weighted by Gasteiger charge is 2.19. The summed E-state index contributed by atoms with van der Waals surface area (Å²) in [6.07, 6.45) is 2.53. The summed E-state index contributed by atoms with van der Waals surface area (Å²) in [5.41, 5.74) is 0. The van der Waals surface area contributed by atoms with E-state index in [0.29, 0.717) is 6.61 Å². The molecule has 0 aromatic rings. The first kappa shape index (κ1) is 14.9. The Kier molecular flexibility index (Phi) is 7.77. The third-order valence-electron chi connectivity index (χ3n) is 3.51. The van der Waals surface area contributed by atoms with Gasteiger partial charge >= 0.3 is 0 Å². The van der Waals surface area contributed by atoms with Crippen molar-refractivity contribution in [2.45, 2.75) is 19.8 Å². The number of ether oxygens (including phenoxy) is 1. The van der Waals surface area contributed by atoms with Gasteiger partial charge in [0.25, 0.3) is 0 Å². The van der Waals surface area contributed by atoms with Crippen molar-refractivity contribution in [3.8, 4) is 0 Å². The Hall–Kier alpha value is -0.160. The minimum Gasteiger partial charge on any atom is -0.395 e. The average Bonchev–Trinajstić information content (AvgIpc) is 2.32. The topological polar surface area (TPSA) is 35.9 Å². The Bertz CT molecular complexity index is 182. The van der Waals surface area contributed by atoms with E-state index in [1.807, 2.05) is 6.92 Å². The van der Waals surface area contributed by atoms with Crippen LogP contribution in [0.5, 0.6) is 0 Å². The van der Waals surface area contributed by atoms with Gasteiger partial charge < -0.3 is 19.6 Å². The number of hydrogen-bond acceptors (Lipinski definition) is 4. The Morgan fingerprint density at radius 2 is 2.06 bits per heavy atom. The second kappa shape index (κ2) is 8.86. The van der Waals surface area contributed by atoms with E-state index in [4.69, 9.17) is 9.84 Å². The van der Waals surface area contributed by atoms with Crippen LogP contribution in [0, 0.1) is 5.92 Å². The Morgan fingerprint density at radius 1 is 1.35 bits per heavy atom. The summed E-state index contributed by atoms with van der Waals surface area (Å²) in [6, 6.07) is 0. The van der Waals surface area contributed by atoms with Crippen LogP contribution in [0.3, 0.4) is 0 Å². The molecule has 0 bridgehead atoms. The van der Waals surface area contributed by atoms with E-state index < -0.39 is 0 Å². The van der Waals surface area contributed by atoms with Crippen molar-refractivity contribution in [2.75, 3.05) is 59.6 Å². The van der Waals surface area contributed by atoms with Crippen LogP contribution in [0.2, 0.25) is 0 Å². The van der Waals surface area contributed by atoms with Gasteiger partial charge in [-0.1, -0.05) is 0 Å². The maximum absolute atomic E-state index is 8.89. The predicted molar refractivity (Wildman–Crippen MR) is 70.2 cm³/mol. The molecule has 1 saturated heterocycles. The van der Waals surface area contributed by atoms with Crippen molar-refractivity contribution in [2.24, 2.45) is 5.92 Å². The Morgan fingerprint density at radius 3 is 2.65 bits per heavy atom. The number of likely N-dealkylation sites (tertiary alicyclic amines) is 1. The zero-order valence-electron chi connectivity index (χ0n) is 11.4. The molecule has 4 nitrogen and oxygen atoms in total. The third-order valence-corrected chi connectivity index (χ3v) is 3.51. The quantitative estimate of drug-likeness (QED) is 0.636. The molecule has 1 heterocycles. The molecule has 1 aliphatic heterocycles. The maximum Gasteiger partial charge on any atom is 0.0593 e. The summed E-state index contributed by atoms with van der Waals surface area (Å²) < 4.78 is 5.36. The lowest BCUT2D eigenvalue weighted by Gasteiger charge is -2.33. The number of piperidine rings is 1. The number of likely N-dealkylation sites (N-methyl/N-ethyl adjacent to an activating group) is 1. The molecule has 1 aliphatic rings. The number of hydrogen-bond donors (Lipinski definition) is 1. The molecule has 4 heteroatoms. The number of nitrogens with zero attached hydrogens (tertiary/aromatic N) is 2. The summed E-state index contributed by atoms with van der Waals surface area (Å²) >= 11 is 0. The largest absolute Gasteiger partial charge is 0.395 e. The van der Waals surface area contributed by atoms with Gasteiger partial charge in [-0.15, -0.1) is 0 Å². The molecule has 0 amide bonds. The predicted octanol–water partition coefficient (Wildman–Crippen LogP) is 0.659. The molecule has 0 aromatic carbocycles. The van der Waals surface area contributed by atoms with Crippen LogP contribution in [-0.4, -0.2) is 74.5 Å². The van der Waals surface area contributed by atoms with Gasteiger partial charge in [0.1, 0.15) is 0 Å². The van der Waals surface area contributed by atoms with E-state index in [-0.39, 0.29) is 0 Å². The second-order valence-electron chi connectivity index (χ2n) is 4.97. The number of aliphatic hydroxyl groups is 1. The smallest absolute Gasteiger partial charge is 0.0593 e.